The van der Waals surface area contributed by atoms with Crippen molar-refractivity contribution in [1.29, 1.82) is 0 Å². The monoisotopic (exact) mass is 671 g/mol. The molecule has 16 heteroatoms. The number of aryl methyl sites for hydroxylation is 1. The van der Waals surface area contributed by atoms with E-state index in [4.69, 9.17) is 36.0 Å². The van der Waals surface area contributed by atoms with Crippen molar-refractivity contribution < 1.29 is 56.0 Å². The molecule has 0 aliphatic carbocycles. The number of hydrogen-bond acceptors (Lipinski definition) is 6. The molecule has 242 valence electrons. The SMILES string of the molecule is COc1cc(/C=C2\CC[C@H]3CC[C@@H](c4ccc(Cl)cc4)N3C2=O)ccc1-n1cc(C)[n+](COP(=O)(O)O)c1.O=C([O-])C(F)(F)F. The number of halogens is 4. The molecule has 1 aromatic heterocycles. The Kier molecular flexibility index (Phi) is 10.5. The molecule has 2 saturated heterocycles. The highest BCUT2D eigenvalue weighted by Crippen LogP contribution is 2.43. The lowest BCUT2D eigenvalue weighted by Crippen LogP contribution is -2.41. The minimum atomic E-state index is -5.19. The van der Waals surface area contributed by atoms with E-state index in [0.717, 1.165) is 53.8 Å². The largest absolute Gasteiger partial charge is 0.542 e. The Morgan fingerprint density at radius 2 is 1.84 bits per heavy atom. The number of ether oxygens (including phenoxy) is 1. The third-order valence-corrected chi connectivity index (χ3v) is 8.18. The second kappa shape index (κ2) is 13.8. The van der Waals surface area contributed by atoms with Gasteiger partial charge in [-0.15, -0.1) is 0 Å². The fourth-order valence-corrected chi connectivity index (χ4v) is 5.77. The second-order valence-corrected chi connectivity index (χ2v) is 12.1. The molecular weight excluding hydrogens is 642 g/mol. The number of carboxylic acid groups (broad SMARTS) is 1. The zero-order valence-corrected chi connectivity index (χ0v) is 25.8. The first-order valence-corrected chi connectivity index (χ1v) is 15.5. The quantitative estimate of drug-likeness (QED) is 0.218. The Bertz CT molecular complexity index is 1640. The van der Waals surface area contributed by atoms with Crippen LogP contribution in [0.15, 0.2) is 60.6 Å². The lowest BCUT2D eigenvalue weighted by atomic mass is 9.95. The molecule has 2 atom stereocenters. The van der Waals surface area contributed by atoms with Crippen LogP contribution in [0.5, 0.6) is 5.75 Å². The molecule has 0 radical (unpaired) electrons. The lowest BCUT2D eigenvalue weighted by molar-refractivity contribution is -0.730. The van der Waals surface area contributed by atoms with Gasteiger partial charge in [-0.05, 0) is 67.2 Å². The first-order chi connectivity index (χ1) is 21.1. The molecule has 0 bridgehead atoms. The lowest BCUT2D eigenvalue weighted by Gasteiger charge is -2.35. The molecule has 0 saturated carbocycles. The molecule has 0 spiro atoms. The van der Waals surface area contributed by atoms with Gasteiger partial charge in [0, 0.05) is 23.6 Å². The van der Waals surface area contributed by atoms with Gasteiger partial charge in [-0.25, -0.2) is 13.7 Å². The van der Waals surface area contributed by atoms with Gasteiger partial charge in [-0.2, -0.15) is 17.7 Å². The number of alkyl halides is 3. The van der Waals surface area contributed by atoms with Crippen LogP contribution in [-0.2, 0) is 25.4 Å². The van der Waals surface area contributed by atoms with Crippen LogP contribution in [-0.4, -0.2) is 50.5 Å². The molecule has 2 aliphatic rings. The van der Waals surface area contributed by atoms with Gasteiger partial charge in [0.15, 0.2) is 11.4 Å². The summed E-state index contributed by atoms with van der Waals surface area (Å²) in [4.78, 5) is 42.4. The number of methoxy groups -OCH3 is 1. The minimum Gasteiger partial charge on any atom is -0.542 e. The summed E-state index contributed by atoms with van der Waals surface area (Å²) in [6, 6.07) is 13.8. The van der Waals surface area contributed by atoms with Crippen molar-refractivity contribution in [3.63, 3.8) is 0 Å². The van der Waals surface area contributed by atoms with Gasteiger partial charge in [0.2, 0.25) is 6.73 Å². The molecule has 2 N–H and O–H groups in total. The average molecular weight is 672 g/mol. The number of aliphatic carboxylic acids is 1. The molecular formula is C29H30ClF3N3O8P. The number of phosphoric ester groups is 1. The predicted molar refractivity (Wildman–Crippen MR) is 153 cm³/mol. The fraction of sp³-hybridized carbons (Fsp3) is 0.345. The summed E-state index contributed by atoms with van der Waals surface area (Å²) in [6.07, 6.45) is 3.86. The molecule has 2 fully saturated rings. The maximum Gasteiger partial charge on any atom is 0.472 e. The number of piperidine rings is 1. The van der Waals surface area contributed by atoms with E-state index in [9.17, 15) is 22.5 Å². The van der Waals surface area contributed by atoms with Crippen molar-refractivity contribution in [2.75, 3.05) is 7.11 Å². The van der Waals surface area contributed by atoms with Gasteiger partial charge >= 0.3 is 14.0 Å². The summed E-state index contributed by atoms with van der Waals surface area (Å²) in [5, 5.41) is 9.47. The number of rotatable bonds is 7. The standard InChI is InChI=1S/C27H29ClN3O6P.C2HF3O2/c1-18-15-29(16-30(18)17-37-38(33,34)35)25-11-3-19(14-26(25)36-2)13-21-6-9-23-10-12-24(31(23)27(21)32)20-4-7-22(28)8-5-20;3-2(4,5)1(6)7/h3-5,7-8,11,13-16,23-24H,6,9-10,12,17H2,1-2H3,(H-,33,34,35);(H,6,7)/b21-13+;/t23-,24-;/m0./s1. The number of carbonyl (C=O) groups excluding carboxylic acids is 2. The fourth-order valence-electron chi connectivity index (χ4n) is 5.37. The topological polar surface area (TPSA) is 145 Å². The third-order valence-electron chi connectivity index (χ3n) is 7.48. The summed E-state index contributed by atoms with van der Waals surface area (Å²) in [6.45, 7) is 1.52. The Labute approximate surface area is 261 Å². The minimum absolute atomic E-state index is 0.0589. The van der Waals surface area contributed by atoms with Gasteiger partial charge in [0.1, 0.15) is 17.9 Å². The number of benzene rings is 2. The Balaban J connectivity index is 0.000000591. The van der Waals surface area contributed by atoms with Crippen molar-refractivity contribution in [2.24, 2.45) is 0 Å². The van der Waals surface area contributed by atoms with Gasteiger partial charge in [-0.3, -0.25) is 4.79 Å². The molecule has 1 amide bonds. The highest BCUT2D eigenvalue weighted by molar-refractivity contribution is 7.46. The Hall–Kier alpha value is -3.68. The van der Waals surface area contributed by atoms with E-state index in [-0.39, 0.29) is 24.7 Å². The number of carbonyl (C=O) groups is 2. The Morgan fingerprint density at radius 1 is 1.18 bits per heavy atom. The maximum atomic E-state index is 13.6. The molecule has 45 heavy (non-hydrogen) atoms. The third kappa shape index (κ3) is 8.53. The second-order valence-electron chi connectivity index (χ2n) is 10.4. The number of aromatic nitrogens is 2. The first-order valence-electron chi connectivity index (χ1n) is 13.6. The molecule has 11 nitrogen and oxygen atoms in total. The molecule has 5 rings (SSSR count). The van der Waals surface area contributed by atoms with E-state index >= 15 is 0 Å². The summed E-state index contributed by atoms with van der Waals surface area (Å²) in [5.41, 5.74) is 4.24. The van der Waals surface area contributed by atoms with Crippen molar-refractivity contribution in [3.8, 4) is 11.4 Å². The summed E-state index contributed by atoms with van der Waals surface area (Å²) in [7, 11) is -3.01. The van der Waals surface area contributed by atoms with Crippen LogP contribution in [0.3, 0.4) is 0 Å². The van der Waals surface area contributed by atoms with Crippen LogP contribution in [0, 0.1) is 6.92 Å². The van der Waals surface area contributed by atoms with E-state index in [1.54, 1.807) is 22.6 Å². The van der Waals surface area contributed by atoms with Gasteiger partial charge in [0.25, 0.3) is 12.2 Å². The maximum absolute atomic E-state index is 13.6. The van der Waals surface area contributed by atoms with E-state index < -0.39 is 20.0 Å². The van der Waals surface area contributed by atoms with Crippen LogP contribution in [0.1, 0.15) is 48.5 Å². The zero-order chi connectivity index (χ0) is 33.1. The molecule has 2 aliphatic heterocycles. The highest BCUT2D eigenvalue weighted by Gasteiger charge is 2.41. The smallest absolute Gasteiger partial charge is 0.472 e. The van der Waals surface area contributed by atoms with Crippen molar-refractivity contribution >= 4 is 37.4 Å². The number of phosphoric acid groups is 1. The van der Waals surface area contributed by atoms with Crippen LogP contribution in [0.2, 0.25) is 5.02 Å². The average Bonchev–Trinajstić information content (AvgIpc) is 3.57. The van der Waals surface area contributed by atoms with Crippen LogP contribution in [0.4, 0.5) is 13.2 Å². The van der Waals surface area contributed by atoms with Crippen molar-refractivity contribution in [2.45, 2.75) is 57.6 Å². The number of imidazole rings is 1. The van der Waals surface area contributed by atoms with E-state index in [0.29, 0.717) is 10.8 Å². The molecule has 2 aromatic carbocycles. The van der Waals surface area contributed by atoms with Gasteiger partial charge < -0.3 is 29.3 Å². The highest BCUT2D eigenvalue weighted by atomic mass is 35.5. The number of fused-ring (bicyclic) bond motifs is 1. The molecule has 3 heterocycles. The van der Waals surface area contributed by atoms with E-state index in [1.807, 2.05) is 66.6 Å². The van der Waals surface area contributed by atoms with Gasteiger partial charge in [-0.1, -0.05) is 29.8 Å². The predicted octanol–water partition coefficient (Wildman–Crippen LogP) is 4.01. The van der Waals surface area contributed by atoms with Crippen LogP contribution in [0.25, 0.3) is 11.8 Å². The van der Waals surface area contributed by atoms with Crippen molar-refractivity contribution in [1.82, 2.24) is 9.47 Å². The van der Waals surface area contributed by atoms with E-state index in [1.165, 1.54) is 0 Å². The first kappa shape index (κ1) is 34.2. The van der Waals surface area contributed by atoms with Gasteiger partial charge in [0.05, 0.1) is 13.2 Å². The van der Waals surface area contributed by atoms with Crippen molar-refractivity contribution in [3.05, 3.63) is 82.4 Å². The molecule has 3 aromatic rings. The number of carboxylic acids is 1. The summed E-state index contributed by atoms with van der Waals surface area (Å²) >= 11 is 6.08. The van der Waals surface area contributed by atoms with Crippen LogP contribution >= 0.6 is 19.4 Å². The number of amides is 1. The summed E-state index contributed by atoms with van der Waals surface area (Å²) < 4.78 is 56.3. The normalized spacial score (nSPS) is 19.2. The van der Waals surface area contributed by atoms with E-state index in [2.05, 4.69) is 4.52 Å². The number of nitrogens with zero attached hydrogens (tertiary/aromatic N) is 3. The zero-order valence-electron chi connectivity index (χ0n) is 24.1. The Morgan fingerprint density at radius 3 is 2.44 bits per heavy atom. The van der Waals surface area contributed by atoms with Crippen LogP contribution < -0.4 is 14.4 Å². The summed E-state index contributed by atoms with van der Waals surface area (Å²) in [5.74, 6) is -2.33. The number of hydrogen-bond donors (Lipinski definition) is 2. The molecule has 0 unspecified atom stereocenters.